The van der Waals surface area contributed by atoms with E-state index < -0.39 is 5.41 Å². The molecule has 0 atom stereocenters. The Bertz CT molecular complexity index is 456. The van der Waals surface area contributed by atoms with E-state index in [4.69, 9.17) is 5.73 Å². The maximum absolute atomic E-state index is 12.3. The highest BCUT2D eigenvalue weighted by Crippen LogP contribution is 2.39. The van der Waals surface area contributed by atoms with Crippen LogP contribution in [-0.2, 0) is 4.79 Å². The lowest BCUT2D eigenvalue weighted by Gasteiger charge is -2.25. The molecule has 18 heavy (non-hydrogen) atoms. The molecule has 0 radical (unpaired) electrons. The van der Waals surface area contributed by atoms with E-state index in [1.807, 2.05) is 0 Å². The summed E-state index contributed by atoms with van der Waals surface area (Å²) in [5, 5.41) is 12.5. The maximum atomic E-state index is 12.3. The Morgan fingerprint density at radius 1 is 1.44 bits per heavy atom. The van der Waals surface area contributed by atoms with E-state index >= 15 is 0 Å². The Morgan fingerprint density at radius 3 is 2.72 bits per heavy atom. The lowest BCUT2D eigenvalue weighted by atomic mass is 9.85. The number of amides is 1. The van der Waals surface area contributed by atoms with Gasteiger partial charge in [-0.3, -0.25) is 4.79 Å². The van der Waals surface area contributed by atoms with Crippen molar-refractivity contribution in [1.29, 1.82) is 0 Å². The van der Waals surface area contributed by atoms with Gasteiger partial charge in [-0.2, -0.15) is 0 Å². The van der Waals surface area contributed by atoms with Crippen molar-refractivity contribution in [2.45, 2.75) is 25.7 Å². The molecule has 5 heteroatoms. The van der Waals surface area contributed by atoms with Crippen LogP contribution in [0, 0.1) is 5.41 Å². The number of carbonyl (C=O) groups is 1. The first kappa shape index (κ1) is 13.4. The molecule has 1 amide bonds. The number of aromatic hydroxyl groups is 1. The first-order valence-corrected chi connectivity index (χ1v) is 6.87. The average molecular weight is 313 g/mol. The first-order chi connectivity index (χ1) is 8.57. The third-order valence-corrected chi connectivity index (χ3v) is 4.13. The molecule has 1 fully saturated rings. The summed E-state index contributed by atoms with van der Waals surface area (Å²) in [7, 11) is 0. The maximum Gasteiger partial charge on any atom is 0.231 e. The molecule has 2 rings (SSSR count). The fourth-order valence-electron chi connectivity index (χ4n) is 2.44. The van der Waals surface area contributed by atoms with E-state index in [9.17, 15) is 9.90 Å². The molecule has 1 aromatic rings. The zero-order valence-electron chi connectivity index (χ0n) is 10.1. The second-order valence-corrected chi connectivity index (χ2v) is 5.72. The third-order valence-electron chi connectivity index (χ3n) is 3.64. The van der Waals surface area contributed by atoms with E-state index in [0.29, 0.717) is 12.2 Å². The number of nitrogens with two attached hydrogens (primary N) is 1. The largest absolute Gasteiger partial charge is 0.506 e. The SMILES string of the molecule is NCC1(C(=O)Nc2cc(Br)ccc2O)CCCC1. The van der Waals surface area contributed by atoms with E-state index in [1.165, 1.54) is 0 Å². The minimum absolute atomic E-state index is 0.0664. The Labute approximate surface area is 115 Å². The monoisotopic (exact) mass is 312 g/mol. The number of anilines is 1. The summed E-state index contributed by atoms with van der Waals surface area (Å²) in [6.07, 6.45) is 3.72. The van der Waals surface area contributed by atoms with Gasteiger partial charge in [-0.15, -0.1) is 0 Å². The van der Waals surface area contributed by atoms with Crippen LogP contribution < -0.4 is 11.1 Å². The minimum Gasteiger partial charge on any atom is -0.506 e. The smallest absolute Gasteiger partial charge is 0.231 e. The predicted molar refractivity (Wildman–Crippen MR) is 74.4 cm³/mol. The summed E-state index contributed by atoms with van der Waals surface area (Å²) in [5.41, 5.74) is 5.72. The number of halogens is 1. The summed E-state index contributed by atoms with van der Waals surface area (Å²) in [6, 6.07) is 4.95. The molecule has 4 N–H and O–H groups in total. The van der Waals surface area contributed by atoms with Crippen LogP contribution >= 0.6 is 15.9 Å². The van der Waals surface area contributed by atoms with Gasteiger partial charge < -0.3 is 16.2 Å². The zero-order valence-corrected chi connectivity index (χ0v) is 11.7. The Kier molecular flexibility index (Phi) is 3.92. The summed E-state index contributed by atoms with van der Waals surface area (Å²) in [5.74, 6) is -0.0207. The zero-order chi connectivity index (χ0) is 13.2. The van der Waals surface area contributed by atoms with Gasteiger partial charge in [-0.05, 0) is 31.0 Å². The minimum atomic E-state index is -0.464. The van der Waals surface area contributed by atoms with Gasteiger partial charge in [0.1, 0.15) is 5.75 Å². The standard InChI is InChI=1S/C13H17BrN2O2/c14-9-3-4-11(17)10(7-9)16-12(18)13(8-15)5-1-2-6-13/h3-4,7,17H,1-2,5-6,8,15H2,(H,16,18). The van der Waals surface area contributed by atoms with Crippen molar-refractivity contribution >= 4 is 27.5 Å². The van der Waals surface area contributed by atoms with E-state index in [0.717, 1.165) is 30.2 Å². The molecular formula is C13H17BrN2O2. The van der Waals surface area contributed by atoms with Crippen molar-refractivity contribution in [3.63, 3.8) is 0 Å². The molecule has 0 saturated heterocycles. The topological polar surface area (TPSA) is 75.4 Å². The second kappa shape index (κ2) is 5.28. The van der Waals surface area contributed by atoms with Gasteiger partial charge >= 0.3 is 0 Å². The van der Waals surface area contributed by atoms with Crippen LogP contribution in [0.5, 0.6) is 5.75 Å². The quantitative estimate of drug-likeness (QED) is 0.751. The van der Waals surface area contributed by atoms with Crippen molar-refractivity contribution in [2.24, 2.45) is 11.1 Å². The van der Waals surface area contributed by atoms with Gasteiger partial charge in [0.2, 0.25) is 5.91 Å². The van der Waals surface area contributed by atoms with E-state index in [-0.39, 0.29) is 11.7 Å². The molecule has 98 valence electrons. The lowest BCUT2D eigenvalue weighted by molar-refractivity contribution is -0.124. The molecular weight excluding hydrogens is 296 g/mol. The molecule has 1 aliphatic rings. The van der Waals surface area contributed by atoms with Gasteiger partial charge in [0, 0.05) is 11.0 Å². The van der Waals surface area contributed by atoms with E-state index in [1.54, 1.807) is 18.2 Å². The highest BCUT2D eigenvalue weighted by molar-refractivity contribution is 9.10. The number of nitrogens with one attached hydrogen (secondary N) is 1. The number of benzene rings is 1. The molecule has 0 bridgehead atoms. The Balaban J connectivity index is 2.18. The van der Waals surface area contributed by atoms with Crippen molar-refractivity contribution in [1.82, 2.24) is 0 Å². The summed E-state index contributed by atoms with van der Waals surface area (Å²) in [6.45, 7) is 0.355. The fourth-order valence-corrected chi connectivity index (χ4v) is 2.80. The molecule has 0 spiro atoms. The van der Waals surface area contributed by atoms with Crippen LogP contribution in [0.25, 0.3) is 0 Å². The molecule has 1 aromatic carbocycles. The van der Waals surface area contributed by atoms with Crippen LogP contribution in [0.1, 0.15) is 25.7 Å². The van der Waals surface area contributed by atoms with Crippen LogP contribution in [0.2, 0.25) is 0 Å². The van der Waals surface area contributed by atoms with Crippen molar-refractivity contribution in [3.05, 3.63) is 22.7 Å². The van der Waals surface area contributed by atoms with Crippen LogP contribution in [0.15, 0.2) is 22.7 Å². The van der Waals surface area contributed by atoms with Crippen molar-refractivity contribution in [3.8, 4) is 5.75 Å². The van der Waals surface area contributed by atoms with E-state index in [2.05, 4.69) is 21.2 Å². The Hall–Kier alpha value is -1.07. The summed E-state index contributed by atoms with van der Waals surface area (Å²) in [4.78, 5) is 12.3. The van der Waals surface area contributed by atoms with Gasteiger partial charge in [0.25, 0.3) is 0 Å². The van der Waals surface area contributed by atoms with Crippen molar-refractivity contribution in [2.75, 3.05) is 11.9 Å². The fraction of sp³-hybridized carbons (Fsp3) is 0.462. The molecule has 1 aliphatic carbocycles. The predicted octanol–water partition coefficient (Wildman–Crippen LogP) is 2.61. The van der Waals surface area contributed by atoms with Gasteiger partial charge in [-0.1, -0.05) is 28.8 Å². The first-order valence-electron chi connectivity index (χ1n) is 6.07. The van der Waals surface area contributed by atoms with Crippen molar-refractivity contribution < 1.29 is 9.90 Å². The highest BCUT2D eigenvalue weighted by Gasteiger charge is 2.39. The molecule has 0 heterocycles. The number of phenolic OH excluding ortho intramolecular Hbond substituents is 1. The molecule has 4 nitrogen and oxygen atoms in total. The number of hydrogen-bond donors (Lipinski definition) is 3. The number of carbonyl (C=O) groups excluding carboxylic acids is 1. The average Bonchev–Trinajstić information content (AvgIpc) is 2.84. The molecule has 1 saturated carbocycles. The van der Waals surface area contributed by atoms with Crippen LogP contribution in [-0.4, -0.2) is 17.6 Å². The number of rotatable bonds is 3. The van der Waals surface area contributed by atoms with Gasteiger partial charge in [0.05, 0.1) is 11.1 Å². The number of hydrogen-bond acceptors (Lipinski definition) is 3. The summed E-state index contributed by atoms with van der Waals surface area (Å²) < 4.78 is 0.809. The molecule has 0 aromatic heterocycles. The van der Waals surface area contributed by atoms with Gasteiger partial charge in [0.15, 0.2) is 0 Å². The van der Waals surface area contributed by atoms with Crippen LogP contribution in [0.4, 0.5) is 5.69 Å². The number of phenols is 1. The second-order valence-electron chi connectivity index (χ2n) is 4.81. The lowest BCUT2D eigenvalue weighted by Crippen LogP contribution is -2.40. The Morgan fingerprint density at radius 2 is 2.11 bits per heavy atom. The molecule has 0 unspecified atom stereocenters. The van der Waals surface area contributed by atoms with Crippen LogP contribution in [0.3, 0.4) is 0 Å². The third kappa shape index (κ3) is 2.52. The highest BCUT2D eigenvalue weighted by atomic mass is 79.9. The van der Waals surface area contributed by atoms with Gasteiger partial charge in [-0.25, -0.2) is 0 Å². The molecule has 0 aliphatic heterocycles. The summed E-state index contributed by atoms with van der Waals surface area (Å²) >= 11 is 3.31. The normalized spacial score (nSPS) is 17.7.